The van der Waals surface area contributed by atoms with Crippen molar-refractivity contribution in [3.63, 3.8) is 0 Å². The van der Waals surface area contributed by atoms with Crippen molar-refractivity contribution in [1.29, 1.82) is 0 Å². The van der Waals surface area contributed by atoms with Gasteiger partial charge in [0.25, 0.3) is 6.47 Å². The predicted molar refractivity (Wildman–Crippen MR) is 68.0 cm³/mol. The third-order valence-electron chi connectivity index (χ3n) is 2.82. The van der Waals surface area contributed by atoms with Crippen molar-refractivity contribution >= 4 is 6.47 Å². The lowest BCUT2D eigenvalue weighted by Gasteiger charge is -2.22. The van der Waals surface area contributed by atoms with E-state index in [1.54, 1.807) is 0 Å². The second-order valence-electron chi connectivity index (χ2n) is 4.71. The molecule has 100 valence electrons. The van der Waals surface area contributed by atoms with Crippen molar-refractivity contribution in [1.82, 2.24) is 0 Å². The lowest BCUT2D eigenvalue weighted by atomic mass is 9.90. The summed E-state index contributed by atoms with van der Waals surface area (Å²) in [5.41, 5.74) is 1.88. The molecule has 0 saturated carbocycles. The Hall–Kier alpha value is -1.39. The molecule has 2 N–H and O–H groups in total. The van der Waals surface area contributed by atoms with Crippen LogP contribution >= 0.6 is 0 Å². The van der Waals surface area contributed by atoms with Crippen LogP contribution in [0.3, 0.4) is 0 Å². The van der Waals surface area contributed by atoms with Crippen molar-refractivity contribution in [2.24, 2.45) is 5.92 Å². The Labute approximate surface area is 107 Å². The van der Waals surface area contributed by atoms with Gasteiger partial charge in [0.05, 0.1) is 12.5 Å². The number of carbonyl (C=O) groups is 1. The first-order chi connectivity index (χ1) is 8.60. The zero-order valence-electron chi connectivity index (χ0n) is 10.7. The summed E-state index contributed by atoms with van der Waals surface area (Å²) in [5.74, 6) is -0.139. The van der Waals surface area contributed by atoms with Crippen molar-refractivity contribution in [3.05, 3.63) is 35.4 Å². The summed E-state index contributed by atoms with van der Waals surface area (Å²) in [7, 11) is 0. The summed E-state index contributed by atoms with van der Waals surface area (Å²) in [6.45, 7) is 4.12. The van der Waals surface area contributed by atoms with Crippen molar-refractivity contribution in [2.45, 2.75) is 32.5 Å². The molecule has 1 rings (SSSR count). The van der Waals surface area contributed by atoms with Crippen molar-refractivity contribution in [3.8, 4) is 0 Å². The Balaban J connectivity index is 3.00. The van der Waals surface area contributed by atoms with Gasteiger partial charge in [0.2, 0.25) is 6.29 Å². The Bertz CT molecular complexity index is 376. The number of hydrogen-bond donors (Lipinski definition) is 2. The van der Waals surface area contributed by atoms with Gasteiger partial charge in [-0.2, -0.15) is 0 Å². The van der Waals surface area contributed by atoms with E-state index in [1.807, 2.05) is 24.3 Å². The van der Waals surface area contributed by atoms with Crippen molar-refractivity contribution < 1.29 is 19.7 Å². The van der Waals surface area contributed by atoms with Gasteiger partial charge in [0.1, 0.15) is 0 Å². The third-order valence-corrected chi connectivity index (χ3v) is 2.82. The molecule has 0 radical (unpaired) electrons. The highest BCUT2D eigenvalue weighted by molar-refractivity contribution is 5.38. The molecule has 0 spiro atoms. The van der Waals surface area contributed by atoms with Gasteiger partial charge in [0, 0.05) is 0 Å². The Kier molecular flexibility index (Phi) is 5.82. The van der Waals surface area contributed by atoms with Crippen LogP contribution < -0.4 is 0 Å². The molecule has 2 atom stereocenters. The monoisotopic (exact) mass is 252 g/mol. The van der Waals surface area contributed by atoms with Crippen LogP contribution in [0.4, 0.5) is 0 Å². The highest BCUT2D eigenvalue weighted by Gasteiger charge is 2.24. The summed E-state index contributed by atoms with van der Waals surface area (Å²) in [6.07, 6.45) is -0.471. The van der Waals surface area contributed by atoms with Gasteiger partial charge in [-0.05, 0) is 23.5 Å². The largest absolute Gasteiger partial charge is 0.437 e. The number of aliphatic hydroxyl groups is 2. The number of benzene rings is 1. The molecule has 0 fully saturated rings. The first-order valence-corrected chi connectivity index (χ1v) is 6.06. The fourth-order valence-corrected chi connectivity index (χ4v) is 2.02. The van der Waals surface area contributed by atoms with Gasteiger partial charge in [0.15, 0.2) is 0 Å². The maximum Gasteiger partial charge on any atom is 0.295 e. The van der Waals surface area contributed by atoms with Crippen LogP contribution in [-0.2, 0) is 16.0 Å². The number of rotatable bonds is 7. The highest BCUT2D eigenvalue weighted by Crippen LogP contribution is 2.25. The summed E-state index contributed by atoms with van der Waals surface area (Å²) < 4.78 is 4.52. The molecule has 2 unspecified atom stereocenters. The Morgan fingerprint density at radius 2 is 2.00 bits per heavy atom. The van der Waals surface area contributed by atoms with Gasteiger partial charge >= 0.3 is 0 Å². The zero-order valence-corrected chi connectivity index (χ0v) is 10.7. The second kappa shape index (κ2) is 7.13. The smallest absolute Gasteiger partial charge is 0.295 e. The normalized spacial score (nSPS) is 14.3. The molecule has 1 aromatic carbocycles. The van der Waals surface area contributed by atoms with E-state index in [4.69, 9.17) is 0 Å². The molecule has 0 amide bonds. The molecule has 4 heteroatoms. The molecule has 0 aliphatic rings. The minimum atomic E-state index is -1.32. The maximum atomic E-state index is 10.3. The summed E-state index contributed by atoms with van der Waals surface area (Å²) in [5, 5.41) is 19.1. The average Bonchev–Trinajstić information content (AvgIpc) is 2.32. The van der Waals surface area contributed by atoms with Crippen LogP contribution in [0.1, 0.15) is 30.9 Å². The number of hydrogen-bond acceptors (Lipinski definition) is 4. The quantitative estimate of drug-likeness (QED) is 0.569. The number of ether oxygens (including phenoxy) is 1. The molecule has 0 aliphatic carbocycles. The standard InChI is InChI=1S/C14H20O4/c1-10(2)7-11-5-3-4-6-12(11)13(8-15)14(17)18-9-16/h3-6,9-10,13-15,17H,7-8H2,1-2H3. The van der Waals surface area contributed by atoms with E-state index in [2.05, 4.69) is 18.6 Å². The molecule has 0 heterocycles. The Morgan fingerprint density at radius 3 is 2.56 bits per heavy atom. The minimum Gasteiger partial charge on any atom is -0.437 e. The van der Waals surface area contributed by atoms with Crippen molar-refractivity contribution in [2.75, 3.05) is 6.61 Å². The van der Waals surface area contributed by atoms with E-state index >= 15 is 0 Å². The molecule has 1 aromatic rings. The summed E-state index contributed by atoms with van der Waals surface area (Å²) in [4.78, 5) is 10.3. The minimum absolute atomic E-state index is 0.193. The molecular weight excluding hydrogens is 232 g/mol. The van der Waals surface area contributed by atoms with Crippen LogP contribution in [0, 0.1) is 5.92 Å². The SMILES string of the molecule is CC(C)Cc1ccccc1C(CO)C(O)OC=O. The predicted octanol–water partition coefficient (Wildman–Crippen LogP) is 1.45. The van der Waals surface area contributed by atoms with E-state index in [-0.39, 0.29) is 13.1 Å². The fraction of sp³-hybridized carbons (Fsp3) is 0.500. The molecule has 0 saturated heterocycles. The first kappa shape index (κ1) is 14.7. The molecule has 18 heavy (non-hydrogen) atoms. The number of carbonyl (C=O) groups excluding carboxylic acids is 1. The van der Waals surface area contributed by atoms with Crippen LogP contribution in [0.5, 0.6) is 0 Å². The Morgan fingerprint density at radius 1 is 1.33 bits per heavy atom. The van der Waals surface area contributed by atoms with Gasteiger partial charge in [-0.25, -0.2) is 0 Å². The highest BCUT2D eigenvalue weighted by atomic mass is 16.6. The summed E-state index contributed by atoms with van der Waals surface area (Å²) >= 11 is 0. The van der Waals surface area contributed by atoms with Gasteiger partial charge in [-0.1, -0.05) is 38.1 Å². The molecule has 0 aliphatic heterocycles. The zero-order chi connectivity index (χ0) is 13.5. The van der Waals surface area contributed by atoms with Crippen LogP contribution in [0.25, 0.3) is 0 Å². The molecule has 0 aromatic heterocycles. The molecular formula is C14H20O4. The molecule has 4 nitrogen and oxygen atoms in total. The van der Waals surface area contributed by atoms with E-state index in [1.165, 1.54) is 0 Å². The lowest BCUT2D eigenvalue weighted by Crippen LogP contribution is -2.25. The van der Waals surface area contributed by atoms with E-state index < -0.39 is 12.2 Å². The number of aliphatic hydroxyl groups excluding tert-OH is 2. The third kappa shape index (κ3) is 3.82. The van der Waals surface area contributed by atoms with E-state index in [0.29, 0.717) is 5.92 Å². The van der Waals surface area contributed by atoms with Crippen LogP contribution in [-0.4, -0.2) is 29.6 Å². The van der Waals surface area contributed by atoms with E-state index in [0.717, 1.165) is 17.5 Å². The first-order valence-electron chi connectivity index (χ1n) is 6.06. The fourth-order valence-electron chi connectivity index (χ4n) is 2.02. The molecule has 0 bridgehead atoms. The topological polar surface area (TPSA) is 66.8 Å². The van der Waals surface area contributed by atoms with Crippen LogP contribution in [0.2, 0.25) is 0 Å². The summed E-state index contributed by atoms with van der Waals surface area (Å²) in [6, 6.07) is 7.57. The average molecular weight is 252 g/mol. The lowest BCUT2D eigenvalue weighted by molar-refractivity contribution is -0.157. The van der Waals surface area contributed by atoms with Gasteiger partial charge in [-0.3, -0.25) is 4.79 Å². The van der Waals surface area contributed by atoms with Gasteiger partial charge in [-0.15, -0.1) is 0 Å². The van der Waals surface area contributed by atoms with Crippen LogP contribution in [0.15, 0.2) is 24.3 Å². The van der Waals surface area contributed by atoms with E-state index in [9.17, 15) is 15.0 Å². The van der Waals surface area contributed by atoms with Gasteiger partial charge < -0.3 is 14.9 Å². The second-order valence-corrected chi connectivity index (χ2v) is 4.71. The maximum absolute atomic E-state index is 10.3.